The molecule has 1 unspecified atom stereocenters. The van der Waals surface area contributed by atoms with E-state index in [9.17, 15) is 9.59 Å². The number of carbonyl (C=O) groups excluding carboxylic acids is 1. The third-order valence-corrected chi connectivity index (χ3v) is 7.86. The van der Waals surface area contributed by atoms with Crippen LogP contribution in [0.25, 0.3) is 17.7 Å². The Kier molecular flexibility index (Phi) is 7.84. The monoisotopic (exact) mass is 544 g/mol. The van der Waals surface area contributed by atoms with Crippen molar-refractivity contribution in [2.45, 2.75) is 46.1 Å². The molecule has 0 saturated carbocycles. The molecule has 1 aromatic heterocycles. The minimum atomic E-state index is -0.776. The summed E-state index contributed by atoms with van der Waals surface area (Å²) in [5, 5.41) is 2.31. The van der Waals surface area contributed by atoms with Gasteiger partial charge in [-0.2, -0.15) is 0 Å². The number of nitrogens with zero attached hydrogens (tertiary/aromatic N) is 2. The summed E-state index contributed by atoms with van der Waals surface area (Å²) in [6, 6.07) is 13.0. The Morgan fingerprint density at radius 3 is 2.77 bits per heavy atom. The Morgan fingerprint density at radius 1 is 1.18 bits per heavy atom. The summed E-state index contributed by atoms with van der Waals surface area (Å²) in [6.45, 7) is 6.23. The summed E-state index contributed by atoms with van der Waals surface area (Å²) < 4.78 is 19.4. The number of aromatic nitrogens is 1. The highest BCUT2D eigenvalue weighted by Crippen LogP contribution is 2.40. The summed E-state index contributed by atoms with van der Waals surface area (Å²) in [5.74, 6) is 0.531. The minimum Gasteiger partial charge on any atom is -0.493 e. The van der Waals surface area contributed by atoms with Crippen LogP contribution in [0.5, 0.6) is 11.5 Å². The second-order valence-corrected chi connectivity index (χ2v) is 10.4. The number of esters is 1. The smallest absolute Gasteiger partial charge is 0.338 e. The van der Waals surface area contributed by atoms with Crippen LogP contribution in [-0.2, 0) is 9.53 Å². The van der Waals surface area contributed by atoms with Crippen LogP contribution in [0.2, 0.25) is 0 Å². The van der Waals surface area contributed by atoms with Crippen LogP contribution < -0.4 is 34.8 Å². The highest BCUT2D eigenvalue weighted by Gasteiger charge is 2.36. The van der Waals surface area contributed by atoms with Crippen molar-refractivity contribution >= 4 is 35.0 Å². The zero-order valence-corrected chi connectivity index (χ0v) is 23.5. The lowest BCUT2D eigenvalue weighted by molar-refractivity contribution is -0.139. The maximum atomic E-state index is 14.1. The molecule has 0 saturated heterocycles. The minimum absolute atomic E-state index is 0.207. The molecular weight excluding hydrogens is 512 g/mol. The zero-order chi connectivity index (χ0) is 27.5. The van der Waals surface area contributed by atoms with Gasteiger partial charge < -0.3 is 14.2 Å². The zero-order valence-electron chi connectivity index (χ0n) is 22.7. The van der Waals surface area contributed by atoms with Crippen LogP contribution >= 0.6 is 11.3 Å². The number of methoxy groups -OCH3 is 1. The van der Waals surface area contributed by atoms with Gasteiger partial charge in [-0.25, -0.2) is 9.79 Å². The molecule has 39 heavy (non-hydrogen) atoms. The van der Waals surface area contributed by atoms with E-state index in [1.54, 1.807) is 25.5 Å². The molecule has 1 atom stereocenters. The Hall–Kier alpha value is -3.91. The summed E-state index contributed by atoms with van der Waals surface area (Å²) in [6.07, 6.45) is 6.76. The quantitative estimate of drug-likeness (QED) is 0.408. The SMILES string of the molecule is CCCOc1c(OC)cccc1C1C(C(=O)OCC)=C(C)N=c2s/c(=C\C3=c4ccccc4=CCC3)c(=O)n21. The molecule has 3 aromatic rings. The molecule has 2 aliphatic rings. The fourth-order valence-corrected chi connectivity index (χ4v) is 6.20. The molecule has 8 heteroatoms. The van der Waals surface area contributed by atoms with Crippen LogP contribution in [0.1, 0.15) is 51.6 Å². The van der Waals surface area contributed by atoms with E-state index in [0.717, 1.165) is 30.1 Å². The van der Waals surface area contributed by atoms with Crippen molar-refractivity contribution < 1.29 is 19.0 Å². The molecule has 7 nitrogen and oxygen atoms in total. The van der Waals surface area contributed by atoms with E-state index in [4.69, 9.17) is 19.2 Å². The molecule has 1 aliphatic carbocycles. The Bertz CT molecular complexity index is 1760. The molecule has 0 fully saturated rings. The third-order valence-electron chi connectivity index (χ3n) is 6.88. The lowest BCUT2D eigenvalue weighted by Gasteiger charge is -2.27. The van der Waals surface area contributed by atoms with Gasteiger partial charge in [0.05, 0.1) is 36.1 Å². The van der Waals surface area contributed by atoms with E-state index in [2.05, 4.69) is 18.2 Å². The van der Waals surface area contributed by atoms with Crippen molar-refractivity contribution in [3.8, 4) is 11.5 Å². The van der Waals surface area contributed by atoms with Gasteiger partial charge in [-0.15, -0.1) is 0 Å². The highest BCUT2D eigenvalue weighted by molar-refractivity contribution is 7.07. The summed E-state index contributed by atoms with van der Waals surface area (Å²) in [4.78, 5) is 32.7. The first kappa shape index (κ1) is 26.7. The Labute approximate surface area is 230 Å². The molecule has 2 heterocycles. The van der Waals surface area contributed by atoms with Gasteiger partial charge in [0.15, 0.2) is 16.3 Å². The van der Waals surface area contributed by atoms with Crippen LogP contribution in [0.3, 0.4) is 0 Å². The van der Waals surface area contributed by atoms with Crippen molar-refractivity contribution in [2.75, 3.05) is 20.3 Å². The Balaban J connectivity index is 1.79. The van der Waals surface area contributed by atoms with Crippen LogP contribution in [0, 0.1) is 0 Å². The van der Waals surface area contributed by atoms with Crippen LogP contribution in [-0.4, -0.2) is 30.9 Å². The van der Waals surface area contributed by atoms with Gasteiger partial charge >= 0.3 is 5.97 Å². The standard InChI is InChI=1S/C31H32N2O5S/c1-5-17-38-28-23(15-10-16-24(28)36-4)27-26(30(35)37-6-2)19(3)32-31-33(27)29(34)25(39-31)18-21-13-9-12-20-11-7-8-14-22(20)21/h7-8,10-12,14-16,18,27H,5-6,9,13,17H2,1-4H3/b25-18-. The summed E-state index contributed by atoms with van der Waals surface area (Å²) in [7, 11) is 1.58. The predicted molar refractivity (Wildman–Crippen MR) is 153 cm³/mol. The summed E-state index contributed by atoms with van der Waals surface area (Å²) >= 11 is 1.33. The van der Waals surface area contributed by atoms with Crippen molar-refractivity contribution in [3.63, 3.8) is 0 Å². The number of ether oxygens (including phenoxy) is 3. The number of fused-ring (bicyclic) bond motifs is 2. The number of carbonyl (C=O) groups is 1. The van der Waals surface area contributed by atoms with Gasteiger partial charge in [0, 0.05) is 5.56 Å². The molecular formula is C31H32N2O5S. The number of allylic oxidation sites excluding steroid dienone is 1. The van der Waals surface area contributed by atoms with Crippen LogP contribution in [0.15, 0.2) is 63.5 Å². The molecule has 2 aromatic carbocycles. The molecule has 5 rings (SSSR count). The van der Waals surface area contributed by atoms with Crippen molar-refractivity contribution in [2.24, 2.45) is 4.99 Å². The number of hydrogen-bond donors (Lipinski definition) is 0. The molecule has 202 valence electrons. The molecule has 1 aliphatic heterocycles. The van der Waals surface area contributed by atoms with Gasteiger partial charge in [0.25, 0.3) is 5.56 Å². The van der Waals surface area contributed by atoms with Crippen LogP contribution in [0.4, 0.5) is 0 Å². The molecule has 0 spiro atoms. The maximum Gasteiger partial charge on any atom is 0.338 e. The molecule has 0 N–H and O–H groups in total. The first-order valence-electron chi connectivity index (χ1n) is 13.3. The normalized spacial score (nSPS) is 16.7. The molecule has 0 bridgehead atoms. The van der Waals surface area contributed by atoms with E-state index in [1.165, 1.54) is 16.6 Å². The average molecular weight is 545 g/mol. The van der Waals surface area contributed by atoms with Gasteiger partial charge in [0.2, 0.25) is 0 Å². The average Bonchev–Trinajstić information content (AvgIpc) is 3.25. The van der Waals surface area contributed by atoms with E-state index in [-0.39, 0.29) is 12.2 Å². The molecule has 0 amide bonds. The van der Waals surface area contributed by atoms with E-state index in [0.29, 0.717) is 44.3 Å². The number of rotatable bonds is 8. The lowest BCUT2D eigenvalue weighted by atomic mass is 9.94. The highest BCUT2D eigenvalue weighted by atomic mass is 32.1. The predicted octanol–water partition coefficient (Wildman–Crippen LogP) is 2.97. The van der Waals surface area contributed by atoms with Gasteiger partial charge in [-0.05, 0) is 61.3 Å². The fraction of sp³-hybridized carbons (Fsp3) is 0.323. The molecule has 0 radical (unpaired) electrons. The van der Waals surface area contributed by atoms with Gasteiger partial charge in [-0.1, -0.05) is 60.7 Å². The van der Waals surface area contributed by atoms with Crippen molar-refractivity contribution in [1.82, 2.24) is 4.57 Å². The number of para-hydroxylation sites is 1. The van der Waals surface area contributed by atoms with Gasteiger partial charge in [0.1, 0.15) is 6.04 Å². The van der Waals surface area contributed by atoms with E-state index < -0.39 is 12.0 Å². The lowest BCUT2D eigenvalue weighted by Crippen LogP contribution is -2.40. The van der Waals surface area contributed by atoms with E-state index >= 15 is 0 Å². The van der Waals surface area contributed by atoms with Crippen molar-refractivity contribution in [1.29, 1.82) is 0 Å². The topological polar surface area (TPSA) is 79.1 Å². The first-order valence-corrected chi connectivity index (χ1v) is 14.1. The van der Waals surface area contributed by atoms with E-state index in [1.807, 2.05) is 43.3 Å². The number of thiazole rings is 1. The second-order valence-electron chi connectivity index (χ2n) is 9.38. The second kappa shape index (κ2) is 11.5. The first-order chi connectivity index (χ1) is 19.0. The third kappa shape index (κ3) is 4.96. The Morgan fingerprint density at radius 2 is 2.00 bits per heavy atom. The largest absolute Gasteiger partial charge is 0.493 e. The van der Waals surface area contributed by atoms with Crippen molar-refractivity contribution in [3.05, 3.63) is 89.4 Å². The maximum absolute atomic E-state index is 14.1. The number of hydrogen-bond acceptors (Lipinski definition) is 7. The summed E-state index contributed by atoms with van der Waals surface area (Å²) in [5.41, 5.74) is 2.39. The number of benzene rings is 2. The fourth-order valence-electron chi connectivity index (χ4n) is 5.15. The van der Waals surface area contributed by atoms with Gasteiger partial charge in [-0.3, -0.25) is 9.36 Å².